The number of pyridine rings is 2. The molecule has 10 rings (SSSR count). The molecule has 0 bridgehead atoms. The van der Waals surface area contributed by atoms with Crippen molar-refractivity contribution in [3.05, 3.63) is 194 Å². The Kier molecular flexibility index (Phi) is 7.77. The first-order chi connectivity index (χ1) is 26.8. The molecule has 0 aliphatic carbocycles. The maximum atomic E-state index is 5.33. The first-order valence-electron chi connectivity index (χ1n) is 18.1. The van der Waals surface area contributed by atoms with Crippen molar-refractivity contribution in [2.24, 2.45) is 0 Å². The van der Waals surface area contributed by atoms with Gasteiger partial charge >= 0.3 is 0 Å². The predicted molar refractivity (Wildman–Crippen MR) is 223 cm³/mol. The van der Waals surface area contributed by atoms with Crippen molar-refractivity contribution in [2.45, 2.75) is 0 Å². The van der Waals surface area contributed by atoms with E-state index in [0.717, 1.165) is 77.9 Å². The molecular formula is C50H32N4. The van der Waals surface area contributed by atoms with Crippen molar-refractivity contribution in [1.29, 1.82) is 0 Å². The minimum atomic E-state index is 0.811. The zero-order chi connectivity index (χ0) is 35.8. The Bertz CT molecular complexity index is 2960. The molecule has 7 aromatic carbocycles. The van der Waals surface area contributed by atoms with Crippen LogP contribution < -0.4 is 0 Å². The molecule has 10 aromatic rings. The Hall–Kier alpha value is -7.30. The lowest BCUT2D eigenvalue weighted by Gasteiger charge is -2.13. The van der Waals surface area contributed by atoms with Gasteiger partial charge in [-0.05, 0) is 40.5 Å². The fraction of sp³-hybridized carbons (Fsp3) is 0. The maximum Gasteiger partial charge on any atom is 0.0988 e. The average Bonchev–Trinajstić information content (AvgIpc) is 3.26. The van der Waals surface area contributed by atoms with E-state index in [4.69, 9.17) is 19.9 Å². The summed E-state index contributed by atoms with van der Waals surface area (Å²) in [5.74, 6) is 0. The van der Waals surface area contributed by atoms with E-state index >= 15 is 0 Å². The van der Waals surface area contributed by atoms with Crippen molar-refractivity contribution >= 4 is 32.8 Å². The van der Waals surface area contributed by atoms with Crippen LogP contribution in [0.15, 0.2) is 194 Å². The molecule has 0 saturated heterocycles. The molecule has 54 heavy (non-hydrogen) atoms. The number of fused-ring (bicyclic) bond motifs is 4. The van der Waals surface area contributed by atoms with E-state index in [1.165, 1.54) is 22.3 Å². The van der Waals surface area contributed by atoms with Gasteiger partial charge in [0.15, 0.2) is 0 Å². The Morgan fingerprint density at radius 1 is 0.241 bits per heavy atom. The Morgan fingerprint density at radius 3 is 1.30 bits per heavy atom. The molecule has 3 aromatic heterocycles. The first kappa shape index (κ1) is 31.4. The normalized spacial score (nSPS) is 11.3. The van der Waals surface area contributed by atoms with Crippen LogP contribution in [0.25, 0.3) is 100 Å². The van der Waals surface area contributed by atoms with E-state index in [1.54, 1.807) is 0 Å². The Balaban J connectivity index is 1.07. The predicted octanol–water partition coefficient (Wildman–Crippen LogP) is 12.7. The van der Waals surface area contributed by atoms with Crippen LogP contribution in [-0.4, -0.2) is 19.9 Å². The number of rotatable bonds is 6. The van der Waals surface area contributed by atoms with Crippen molar-refractivity contribution in [3.63, 3.8) is 0 Å². The standard InChI is InChI=1S/C50H32N4/c1-4-13-33(14-5-1)40-19-10-11-20-41(40)34-23-25-35(26-24-34)43-31-29-38-27-28-39-30-32-44(52-48(39)47(38)51-43)42-21-12-22-45-50(42)54-49(37-17-8-3-9-18-37)46(53-45)36-15-6-2-7-16-36/h1-32H. The summed E-state index contributed by atoms with van der Waals surface area (Å²) in [6.45, 7) is 0. The number of para-hydroxylation sites is 1. The minimum absolute atomic E-state index is 0.811. The van der Waals surface area contributed by atoms with Crippen molar-refractivity contribution in [1.82, 2.24) is 19.9 Å². The summed E-state index contributed by atoms with van der Waals surface area (Å²) in [5.41, 5.74) is 15.6. The zero-order valence-electron chi connectivity index (χ0n) is 29.3. The van der Waals surface area contributed by atoms with Crippen molar-refractivity contribution < 1.29 is 0 Å². The molecule has 0 amide bonds. The molecule has 0 fully saturated rings. The van der Waals surface area contributed by atoms with E-state index in [-0.39, 0.29) is 0 Å². The van der Waals surface area contributed by atoms with Gasteiger partial charge in [0.25, 0.3) is 0 Å². The van der Waals surface area contributed by atoms with Crippen LogP contribution in [0.1, 0.15) is 0 Å². The average molecular weight is 689 g/mol. The molecule has 252 valence electrons. The summed E-state index contributed by atoms with van der Waals surface area (Å²) < 4.78 is 0. The van der Waals surface area contributed by atoms with E-state index < -0.39 is 0 Å². The molecule has 4 heteroatoms. The summed E-state index contributed by atoms with van der Waals surface area (Å²) in [6, 6.07) is 67.2. The van der Waals surface area contributed by atoms with E-state index in [0.29, 0.717) is 0 Å². The van der Waals surface area contributed by atoms with Gasteiger partial charge in [-0.1, -0.05) is 176 Å². The summed E-state index contributed by atoms with van der Waals surface area (Å²) in [7, 11) is 0. The van der Waals surface area contributed by atoms with Gasteiger partial charge in [-0.3, -0.25) is 0 Å². The number of hydrogen-bond donors (Lipinski definition) is 0. The fourth-order valence-corrected chi connectivity index (χ4v) is 7.38. The van der Waals surface area contributed by atoms with Crippen molar-refractivity contribution in [3.8, 4) is 67.3 Å². The highest BCUT2D eigenvalue weighted by Gasteiger charge is 2.17. The molecule has 0 atom stereocenters. The minimum Gasteiger partial charge on any atom is -0.245 e. The summed E-state index contributed by atoms with van der Waals surface area (Å²) in [4.78, 5) is 21.1. The molecule has 0 aliphatic heterocycles. The van der Waals surface area contributed by atoms with E-state index in [1.807, 2.05) is 48.5 Å². The van der Waals surface area contributed by atoms with Gasteiger partial charge in [0, 0.05) is 33.0 Å². The van der Waals surface area contributed by atoms with Gasteiger partial charge in [-0.2, -0.15) is 0 Å². The highest BCUT2D eigenvalue weighted by molar-refractivity contribution is 6.05. The monoisotopic (exact) mass is 688 g/mol. The van der Waals surface area contributed by atoms with E-state index in [2.05, 4.69) is 146 Å². The van der Waals surface area contributed by atoms with Gasteiger partial charge in [0.05, 0.1) is 44.8 Å². The summed E-state index contributed by atoms with van der Waals surface area (Å²) in [5, 5.41) is 2.08. The van der Waals surface area contributed by atoms with Crippen LogP contribution in [0.4, 0.5) is 0 Å². The molecule has 4 nitrogen and oxygen atoms in total. The van der Waals surface area contributed by atoms with Crippen LogP contribution >= 0.6 is 0 Å². The van der Waals surface area contributed by atoms with Crippen LogP contribution in [0, 0.1) is 0 Å². The molecule has 0 aliphatic rings. The highest BCUT2D eigenvalue weighted by Crippen LogP contribution is 2.36. The third kappa shape index (κ3) is 5.67. The first-order valence-corrected chi connectivity index (χ1v) is 18.1. The van der Waals surface area contributed by atoms with Crippen LogP contribution in [0.3, 0.4) is 0 Å². The molecule has 0 radical (unpaired) electrons. The van der Waals surface area contributed by atoms with Gasteiger partial charge in [0.2, 0.25) is 0 Å². The Morgan fingerprint density at radius 2 is 0.685 bits per heavy atom. The molecule has 3 heterocycles. The fourth-order valence-electron chi connectivity index (χ4n) is 7.38. The van der Waals surface area contributed by atoms with Crippen molar-refractivity contribution in [2.75, 3.05) is 0 Å². The van der Waals surface area contributed by atoms with Gasteiger partial charge in [-0.25, -0.2) is 19.9 Å². The lowest BCUT2D eigenvalue weighted by molar-refractivity contribution is 1.29. The molecule has 0 N–H and O–H groups in total. The molecule has 0 unspecified atom stereocenters. The topological polar surface area (TPSA) is 51.6 Å². The number of hydrogen-bond acceptors (Lipinski definition) is 4. The largest absolute Gasteiger partial charge is 0.245 e. The SMILES string of the molecule is c1ccc(-c2ccccc2-c2ccc(-c3ccc4ccc5ccc(-c6cccc7nc(-c8ccccc8)c(-c8ccccc8)nc67)nc5c4n3)cc2)cc1. The second kappa shape index (κ2) is 13.4. The Labute approximate surface area is 313 Å². The quantitative estimate of drug-likeness (QED) is 0.163. The van der Waals surface area contributed by atoms with E-state index in [9.17, 15) is 0 Å². The summed E-state index contributed by atoms with van der Waals surface area (Å²) in [6.07, 6.45) is 0. The smallest absolute Gasteiger partial charge is 0.0988 e. The number of aromatic nitrogens is 4. The lowest BCUT2D eigenvalue weighted by atomic mass is 9.94. The van der Waals surface area contributed by atoms with Gasteiger partial charge in [0.1, 0.15) is 0 Å². The maximum absolute atomic E-state index is 5.33. The second-order valence-electron chi connectivity index (χ2n) is 13.4. The molecular weight excluding hydrogens is 657 g/mol. The van der Waals surface area contributed by atoms with Gasteiger partial charge in [-0.15, -0.1) is 0 Å². The van der Waals surface area contributed by atoms with Crippen LogP contribution in [0.2, 0.25) is 0 Å². The van der Waals surface area contributed by atoms with Crippen LogP contribution in [-0.2, 0) is 0 Å². The zero-order valence-corrected chi connectivity index (χ0v) is 29.3. The molecule has 0 saturated carbocycles. The summed E-state index contributed by atoms with van der Waals surface area (Å²) >= 11 is 0. The third-order valence-electron chi connectivity index (χ3n) is 10.1. The molecule has 0 spiro atoms. The highest BCUT2D eigenvalue weighted by atomic mass is 14.8. The number of benzene rings is 7. The second-order valence-corrected chi connectivity index (χ2v) is 13.4. The third-order valence-corrected chi connectivity index (χ3v) is 10.1. The van der Waals surface area contributed by atoms with Gasteiger partial charge < -0.3 is 0 Å². The number of nitrogens with zero attached hydrogens (tertiary/aromatic N) is 4. The lowest BCUT2D eigenvalue weighted by Crippen LogP contribution is -1.98. The van der Waals surface area contributed by atoms with Crippen LogP contribution in [0.5, 0.6) is 0 Å².